The molecule has 2 aromatic rings. The first-order valence-corrected chi connectivity index (χ1v) is 8.52. The van der Waals surface area contributed by atoms with Gasteiger partial charge in [0.15, 0.2) is 11.6 Å². The molecular weight excluding hydrogens is 323 g/mol. The number of hydrogen-bond acceptors (Lipinski definition) is 5. The molecule has 0 unspecified atom stereocenters. The van der Waals surface area contributed by atoms with Gasteiger partial charge in [0.1, 0.15) is 0 Å². The van der Waals surface area contributed by atoms with E-state index < -0.39 is 21.9 Å². The van der Waals surface area contributed by atoms with Gasteiger partial charge in [0.2, 0.25) is 10.0 Å². The third kappa shape index (κ3) is 4.26. The number of nitrogens with zero attached hydrogens (tertiary/aromatic N) is 3. The summed E-state index contributed by atoms with van der Waals surface area (Å²) in [5, 5.41) is 7.94. The third-order valence-electron chi connectivity index (χ3n) is 3.37. The van der Waals surface area contributed by atoms with Crippen LogP contribution in [0.5, 0.6) is 5.75 Å². The number of ether oxygens (including phenoxy) is 1. The van der Waals surface area contributed by atoms with Crippen LogP contribution in [0.3, 0.4) is 0 Å². The Balaban J connectivity index is 2.22. The first-order valence-electron chi connectivity index (χ1n) is 7.03. The number of rotatable bonds is 7. The van der Waals surface area contributed by atoms with E-state index in [-0.39, 0.29) is 23.1 Å². The predicted octanol–water partition coefficient (Wildman–Crippen LogP) is 1.43. The molecule has 1 aromatic carbocycles. The van der Waals surface area contributed by atoms with E-state index in [0.717, 1.165) is 6.07 Å². The average Bonchev–Trinajstić information content (AvgIpc) is 2.99. The lowest BCUT2D eigenvalue weighted by Crippen LogP contribution is -2.41. The third-order valence-corrected chi connectivity index (χ3v) is 4.86. The smallest absolute Gasteiger partial charge is 0.240 e. The van der Waals surface area contributed by atoms with Crippen molar-refractivity contribution in [2.45, 2.75) is 31.3 Å². The number of hydrogen-bond donors (Lipinski definition) is 1. The fraction of sp³-hybridized carbons (Fsp3) is 0.429. The number of halogens is 1. The van der Waals surface area contributed by atoms with E-state index in [1.807, 2.05) is 13.8 Å². The zero-order valence-corrected chi connectivity index (χ0v) is 13.9. The Bertz CT molecular complexity index is 747. The molecule has 126 valence electrons. The van der Waals surface area contributed by atoms with Crippen LogP contribution in [0.25, 0.3) is 0 Å². The Labute approximate surface area is 134 Å². The number of aromatic nitrogens is 3. The normalized spacial score (nSPS) is 13.3. The van der Waals surface area contributed by atoms with Crippen LogP contribution in [-0.4, -0.2) is 36.6 Å². The lowest BCUT2D eigenvalue weighted by Gasteiger charge is -2.21. The van der Waals surface area contributed by atoms with Crippen molar-refractivity contribution in [1.82, 2.24) is 19.7 Å². The van der Waals surface area contributed by atoms with Gasteiger partial charge in [-0.15, -0.1) is 0 Å². The Kier molecular flexibility index (Phi) is 5.32. The maximum Gasteiger partial charge on any atom is 0.240 e. The zero-order valence-electron chi connectivity index (χ0n) is 13.1. The number of methoxy groups -OCH3 is 1. The highest BCUT2D eigenvalue weighted by Crippen LogP contribution is 2.21. The van der Waals surface area contributed by atoms with Gasteiger partial charge >= 0.3 is 0 Å². The number of benzene rings is 1. The molecule has 0 aliphatic carbocycles. The second-order valence-corrected chi connectivity index (χ2v) is 7.07. The van der Waals surface area contributed by atoms with Crippen molar-refractivity contribution in [1.29, 1.82) is 0 Å². The minimum Gasteiger partial charge on any atom is -0.494 e. The van der Waals surface area contributed by atoms with Crippen molar-refractivity contribution >= 4 is 10.0 Å². The molecule has 0 saturated carbocycles. The van der Waals surface area contributed by atoms with Crippen LogP contribution in [0.15, 0.2) is 35.5 Å². The predicted molar refractivity (Wildman–Crippen MR) is 81.9 cm³/mol. The molecule has 23 heavy (non-hydrogen) atoms. The molecule has 0 bridgehead atoms. The van der Waals surface area contributed by atoms with Crippen LogP contribution in [0.1, 0.15) is 13.8 Å². The summed E-state index contributed by atoms with van der Waals surface area (Å²) in [6, 6.07) is 3.08. The van der Waals surface area contributed by atoms with Crippen molar-refractivity contribution in [3.05, 3.63) is 36.4 Å². The highest BCUT2D eigenvalue weighted by Gasteiger charge is 2.24. The van der Waals surface area contributed by atoms with Crippen molar-refractivity contribution < 1.29 is 17.5 Å². The quantitative estimate of drug-likeness (QED) is 0.823. The van der Waals surface area contributed by atoms with E-state index in [9.17, 15) is 12.8 Å². The summed E-state index contributed by atoms with van der Waals surface area (Å²) in [5.41, 5.74) is 0. The maximum absolute atomic E-state index is 13.7. The zero-order chi connectivity index (χ0) is 17.0. The summed E-state index contributed by atoms with van der Waals surface area (Å²) in [4.78, 5) is 1.25. The SMILES string of the molecule is COc1ccc(S(=O)(=O)N[C@H](Cn2nccn2)C(C)C)cc1F. The van der Waals surface area contributed by atoms with Gasteiger partial charge < -0.3 is 4.74 Å². The first kappa shape index (κ1) is 17.4. The molecule has 0 fully saturated rings. The van der Waals surface area contributed by atoms with Crippen molar-refractivity contribution in [3.63, 3.8) is 0 Å². The van der Waals surface area contributed by atoms with Gasteiger partial charge in [-0.3, -0.25) is 0 Å². The summed E-state index contributed by atoms with van der Waals surface area (Å²) in [7, 11) is -2.55. The highest BCUT2D eigenvalue weighted by molar-refractivity contribution is 7.89. The van der Waals surface area contributed by atoms with Gasteiger partial charge in [0, 0.05) is 6.04 Å². The minimum atomic E-state index is -3.87. The number of nitrogens with one attached hydrogen (secondary N) is 1. The largest absolute Gasteiger partial charge is 0.494 e. The Morgan fingerprint density at radius 1 is 1.30 bits per heavy atom. The van der Waals surface area contributed by atoms with E-state index in [1.54, 1.807) is 0 Å². The van der Waals surface area contributed by atoms with Crippen LogP contribution in [0, 0.1) is 11.7 Å². The molecule has 2 rings (SSSR count). The van der Waals surface area contributed by atoms with E-state index in [1.165, 1.54) is 36.4 Å². The molecule has 0 spiro atoms. The van der Waals surface area contributed by atoms with E-state index in [4.69, 9.17) is 4.74 Å². The molecular formula is C14H19FN4O3S. The van der Waals surface area contributed by atoms with Crippen LogP contribution in [0.4, 0.5) is 4.39 Å². The van der Waals surface area contributed by atoms with Gasteiger partial charge in [-0.05, 0) is 24.1 Å². The Morgan fingerprint density at radius 3 is 2.48 bits per heavy atom. The number of sulfonamides is 1. The molecule has 1 aromatic heterocycles. The van der Waals surface area contributed by atoms with E-state index in [0.29, 0.717) is 0 Å². The molecule has 1 N–H and O–H groups in total. The van der Waals surface area contributed by atoms with E-state index >= 15 is 0 Å². The van der Waals surface area contributed by atoms with Crippen LogP contribution < -0.4 is 9.46 Å². The highest BCUT2D eigenvalue weighted by atomic mass is 32.2. The fourth-order valence-electron chi connectivity index (χ4n) is 1.98. The molecule has 1 atom stereocenters. The van der Waals surface area contributed by atoms with Gasteiger partial charge in [0.25, 0.3) is 0 Å². The molecule has 0 aliphatic rings. The molecule has 0 saturated heterocycles. The van der Waals surface area contributed by atoms with Gasteiger partial charge in [-0.2, -0.15) is 15.0 Å². The van der Waals surface area contributed by atoms with Gasteiger partial charge in [0.05, 0.1) is 30.9 Å². The second kappa shape index (κ2) is 7.05. The maximum atomic E-state index is 13.7. The molecule has 7 nitrogen and oxygen atoms in total. The Hall–Kier alpha value is -2.00. The summed E-state index contributed by atoms with van der Waals surface area (Å²) in [5.74, 6) is -0.741. The Morgan fingerprint density at radius 2 is 1.96 bits per heavy atom. The summed E-state index contributed by atoms with van der Waals surface area (Å²) < 4.78 is 46.0. The average molecular weight is 342 g/mol. The van der Waals surface area contributed by atoms with Gasteiger partial charge in [-0.1, -0.05) is 13.8 Å². The summed E-state index contributed by atoms with van der Waals surface area (Å²) in [6.07, 6.45) is 3.04. The van der Waals surface area contributed by atoms with Crippen molar-refractivity contribution in [2.24, 2.45) is 5.92 Å². The summed E-state index contributed by atoms with van der Waals surface area (Å²) >= 11 is 0. The van der Waals surface area contributed by atoms with Crippen molar-refractivity contribution in [3.8, 4) is 5.75 Å². The standard InChI is InChI=1S/C14H19FN4O3S/c1-10(2)13(9-19-16-6-7-17-19)18-23(20,21)11-4-5-14(22-3)12(15)8-11/h4-8,10,13,18H,9H2,1-3H3/t13-/m1/s1. The molecule has 1 heterocycles. The van der Waals surface area contributed by atoms with Crippen molar-refractivity contribution in [2.75, 3.05) is 7.11 Å². The molecule has 0 amide bonds. The molecule has 0 radical (unpaired) electrons. The van der Waals surface area contributed by atoms with Crippen LogP contribution in [0.2, 0.25) is 0 Å². The summed E-state index contributed by atoms with van der Waals surface area (Å²) in [6.45, 7) is 4.04. The lowest BCUT2D eigenvalue weighted by molar-refractivity contribution is 0.361. The van der Waals surface area contributed by atoms with Crippen LogP contribution in [-0.2, 0) is 16.6 Å². The fourth-order valence-corrected chi connectivity index (χ4v) is 3.37. The lowest BCUT2D eigenvalue weighted by atomic mass is 10.1. The van der Waals surface area contributed by atoms with Crippen LogP contribution >= 0.6 is 0 Å². The molecule has 9 heteroatoms. The first-order chi connectivity index (χ1) is 10.8. The van der Waals surface area contributed by atoms with E-state index in [2.05, 4.69) is 14.9 Å². The molecule has 0 aliphatic heterocycles. The minimum absolute atomic E-state index is 0.00105. The second-order valence-electron chi connectivity index (χ2n) is 5.35. The topological polar surface area (TPSA) is 86.1 Å². The monoisotopic (exact) mass is 342 g/mol. The van der Waals surface area contributed by atoms with Gasteiger partial charge in [-0.25, -0.2) is 17.5 Å².